The van der Waals surface area contributed by atoms with Crippen LogP contribution < -0.4 is 53.2 Å². The molecule has 85 heavy (non-hydrogen) atoms. The van der Waals surface area contributed by atoms with Gasteiger partial charge in [-0.05, 0) is 61.9 Å². The molecule has 0 spiro atoms. The molecule has 0 saturated carbocycles. The summed E-state index contributed by atoms with van der Waals surface area (Å²) in [6, 6.07) is -1.51. The number of carboxylic acids is 4. The molecule has 1 fully saturated rings. The Morgan fingerprint density at radius 1 is 0.459 bits per heavy atom. The second kappa shape index (κ2) is 32.4. The molecule has 5 rings (SSSR count). The van der Waals surface area contributed by atoms with E-state index in [0.717, 1.165) is 6.42 Å². The van der Waals surface area contributed by atoms with Crippen molar-refractivity contribution in [3.8, 4) is 0 Å². The molecule has 9 amide bonds. The van der Waals surface area contributed by atoms with Crippen molar-refractivity contribution >= 4 is 98.8 Å². The third-order valence-electron chi connectivity index (χ3n) is 13.6. The van der Waals surface area contributed by atoms with Gasteiger partial charge in [0.25, 0.3) is 0 Å². The Hall–Kier alpha value is -9.53. The van der Waals surface area contributed by atoms with E-state index in [-0.39, 0.29) is 6.42 Å². The van der Waals surface area contributed by atoms with Crippen LogP contribution >= 0.6 is 0 Å². The first-order chi connectivity index (χ1) is 40.5. The van der Waals surface area contributed by atoms with Gasteiger partial charge in [-0.1, -0.05) is 36.4 Å². The van der Waals surface area contributed by atoms with Crippen LogP contribution in [0.25, 0.3) is 21.8 Å². The molecule has 460 valence electrons. The zero-order valence-corrected chi connectivity index (χ0v) is 45.5. The van der Waals surface area contributed by atoms with E-state index in [0.29, 0.717) is 45.9 Å². The number of benzene rings is 2. The number of rotatable bonds is 35. The van der Waals surface area contributed by atoms with Crippen molar-refractivity contribution in [3.05, 3.63) is 72.1 Å². The number of carbonyl (C=O) groups is 13. The summed E-state index contributed by atoms with van der Waals surface area (Å²) < 4.78 is 0. The van der Waals surface area contributed by atoms with Crippen LogP contribution in [-0.4, -0.2) is 210 Å². The largest absolute Gasteiger partial charge is 0.481 e. The van der Waals surface area contributed by atoms with Crippen LogP contribution in [0.4, 0.5) is 0 Å². The Morgan fingerprint density at radius 2 is 0.812 bits per heavy atom. The van der Waals surface area contributed by atoms with Crippen LogP contribution in [-0.2, 0) is 75.2 Å². The lowest BCUT2D eigenvalue weighted by molar-refractivity contribution is -0.144. The van der Waals surface area contributed by atoms with Crippen molar-refractivity contribution in [3.63, 3.8) is 0 Å². The fourth-order valence-electron chi connectivity index (χ4n) is 8.99. The van der Waals surface area contributed by atoms with Crippen molar-refractivity contribution in [2.45, 2.75) is 119 Å². The number of aliphatic hydroxyl groups is 3. The summed E-state index contributed by atoms with van der Waals surface area (Å²) in [5.41, 5.74) is 2.01. The van der Waals surface area contributed by atoms with Crippen molar-refractivity contribution < 1.29 is 98.1 Å². The van der Waals surface area contributed by atoms with Gasteiger partial charge in [-0.15, -0.1) is 0 Å². The number of carbonyl (C=O) groups excluding carboxylic acids is 9. The van der Waals surface area contributed by atoms with E-state index in [1.54, 1.807) is 48.5 Å². The van der Waals surface area contributed by atoms with E-state index in [4.69, 9.17) is 5.11 Å². The molecule has 9 atom stereocenters. The zero-order chi connectivity index (χ0) is 62.3. The number of hydrogen-bond donors (Lipinski definition) is 19. The number of aromatic amines is 2. The Morgan fingerprint density at radius 3 is 1.20 bits per heavy atom. The molecule has 1 saturated heterocycles. The van der Waals surface area contributed by atoms with Crippen molar-refractivity contribution in [1.82, 2.24) is 63.1 Å². The summed E-state index contributed by atoms with van der Waals surface area (Å²) in [7, 11) is 0. The lowest BCUT2D eigenvalue weighted by atomic mass is 10.0. The molecule has 19 N–H and O–H groups in total. The molecule has 2 aromatic carbocycles. The van der Waals surface area contributed by atoms with Crippen LogP contribution in [0.15, 0.2) is 60.9 Å². The summed E-state index contributed by atoms with van der Waals surface area (Å²) in [6.45, 7) is -3.52. The minimum Gasteiger partial charge on any atom is -0.481 e. The second-order valence-corrected chi connectivity index (χ2v) is 19.7. The van der Waals surface area contributed by atoms with E-state index in [2.05, 4.69) is 52.5 Å². The number of para-hydroxylation sites is 2. The minimum absolute atomic E-state index is 0.325. The monoisotopic (exact) mass is 1190 g/mol. The summed E-state index contributed by atoms with van der Waals surface area (Å²) in [6.07, 6.45) is -0.329. The summed E-state index contributed by atoms with van der Waals surface area (Å²) in [5, 5.41) is 93.0. The van der Waals surface area contributed by atoms with Crippen LogP contribution in [0.1, 0.15) is 62.5 Å². The molecule has 1 aliphatic rings. The van der Waals surface area contributed by atoms with E-state index < -0.39 is 203 Å². The van der Waals surface area contributed by atoms with Crippen LogP contribution in [0.2, 0.25) is 0 Å². The lowest BCUT2D eigenvalue weighted by Crippen LogP contribution is -2.61. The average molecular weight is 1190 g/mol. The molecule has 0 aliphatic carbocycles. The van der Waals surface area contributed by atoms with Gasteiger partial charge in [0.15, 0.2) is 0 Å². The van der Waals surface area contributed by atoms with Gasteiger partial charge in [-0.3, -0.25) is 57.5 Å². The molecular weight excluding hydrogens is 1120 g/mol. The third kappa shape index (κ3) is 20.1. The highest BCUT2D eigenvalue weighted by molar-refractivity contribution is 5.99. The fraction of sp³-hybridized carbons (Fsp3) is 0.453. The SMILES string of the molecule is O=C(O)CC[C@H](NC(=O)[C@H](CO)NC(=O)[C@H](CO)NC(=O)[C@H](Cc1c[nH]c2ccccc12)NC(=O)[C@H](CCC(=O)O)NC(=O)[C@H](CO)NC(=O)[C@H](Cc1c[nH]c2ccccc12)NC(=O)[C@H](CCC(=O)O)NC(=O)CNC(=O)[C@@H]1CCCN1)C(=O)O. The molecule has 1 aliphatic heterocycles. The normalized spacial score (nSPS) is 15.7. The topological polar surface area (TPSA) is 515 Å². The number of fused-ring (bicyclic) bond motifs is 2. The molecule has 3 heterocycles. The number of aliphatic hydroxyl groups excluding tert-OH is 3. The lowest BCUT2D eigenvalue weighted by Gasteiger charge is -2.27. The highest BCUT2D eigenvalue weighted by Gasteiger charge is 2.36. The van der Waals surface area contributed by atoms with Crippen molar-refractivity contribution in [1.29, 1.82) is 0 Å². The molecular formula is C53H68N12O20. The number of nitrogens with one attached hydrogen (secondary N) is 12. The number of aromatic nitrogens is 2. The Kier molecular flexibility index (Phi) is 25.2. The van der Waals surface area contributed by atoms with Gasteiger partial charge < -0.3 is 98.9 Å². The van der Waals surface area contributed by atoms with E-state index in [9.17, 15) is 93.0 Å². The number of carboxylic acid groups (broad SMARTS) is 4. The van der Waals surface area contributed by atoms with Gasteiger partial charge >= 0.3 is 23.9 Å². The van der Waals surface area contributed by atoms with Crippen LogP contribution in [0.3, 0.4) is 0 Å². The number of aliphatic carboxylic acids is 4. The maximum atomic E-state index is 14.3. The third-order valence-corrected chi connectivity index (χ3v) is 13.6. The summed E-state index contributed by atoms with van der Waals surface area (Å²) in [4.78, 5) is 175. The van der Waals surface area contributed by atoms with E-state index >= 15 is 0 Å². The average Bonchev–Trinajstić information content (AvgIpc) is 3.68. The molecule has 4 aromatic rings. The number of amides is 9. The summed E-state index contributed by atoms with van der Waals surface area (Å²) >= 11 is 0. The standard InChI is InChI=1S/C53H68N12O20/c66-23-38(63-48(79)36(18-26-20-55-30-8-3-1-6-28(26)30)61-46(77)33(11-14-42(70)71)58-41(69)22-57-45(76)32-10-5-17-54-32)50(81)59-34(12-15-43(72)73)47(78)62-37(19-27-21-56-31-9-4-2-7-29(27)31)49(80)64-40(25-68)52(83)65-39(24-67)51(82)60-35(53(84)85)13-16-44(74)75/h1-4,6-9,20-21,32-40,54-56,66-68H,5,10-19,22-25H2,(H,57,76)(H,58,69)(H,59,81)(H,60,82)(H,61,77)(H,62,78)(H,63,79)(H,64,80)(H,65,83)(H,70,71)(H,72,73)(H,74,75)(H,84,85)/t32-,33-,34-,35-,36-,37-,38-,39-,40-/m0/s1. The first kappa shape index (κ1) is 66.3. The predicted molar refractivity (Wildman–Crippen MR) is 293 cm³/mol. The number of hydrogen-bond acceptors (Lipinski definition) is 17. The first-order valence-electron chi connectivity index (χ1n) is 26.8. The van der Waals surface area contributed by atoms with E-state index in [1.807, 2.05) is 10.6 Å². The fourth-order valence-corrected chi connectivity index (χ4v) is 8.99. The van der Waals surface area contributed by atoms with Crippen molar-refractivity contribution in [2.75, 3.05) is 32.9 Å². The zero-order valence-electron chi connectivity index (χ0n) is 45.5. The van der Waals surface area contributed by atoms with Gasteiger partial charge in [0.1, 0.15) is 48.3 Å². The van der Waals surface area contributed by atoms with Crippen LogP contribution in [0, 0.1) is 0 Å². The van der Waals surface area contributed by atoms with Gasteiger partial charge in [0, 0.05) is 66.3 Å². The molecule has 0 bridgehead atoms. The highest BCUT2D eigenvalue weighted by atomic mass is 16.4. The van der Waals surface area contributed by atoms with Gasteiger partial charge in [-0.25, -0.2) is 4.79 Å². The highest BCUT2D eigenvalue weighted by Crippen LogP contribution is 2.21. The Bertz CT molecular complexity index is 3090. The molecule has 0 unspecified atom stereocenters. The molecule has 32 heteroatoms. The predicted octanol–water partition coefficient (Wildman–Crippen LogP) is -5.16. The van der Waals surface area contributed by atoms with Crippen LogP contribution in [0.5, 0.6) is 0 Å². The minimum atomic E-state index is -1.96. The maximum absolute atomic E-state index is 14.3. The van der Waals surface area contributed by atoms with E-state index in [1.165, 1.54) is 12.4 Å². The molecule has 0 radical (unpaired) electrons. The quantitative estimate of drug-likeness (QED) is 0.0205. The Balaban J connectivity index is 1.36. The smallest absolute Gasteiger partial charge is 0.326 e. The first-order valence-corrected chi connectivity index (χ1v) is 26.8. The van der Waals surface area contributed by atoms with Gasteiger partial charge in [-0.2, -0.15) is 0 Å². The summed E-state index contributed by atoms with van der Waals surface area (Å²) in [5.74, 6) is -15.7. The Labute approximate surface area is 482 Å². The van der Waals surface area contributed by atoms with Gasteiger partial charge in [0.2, 0.25) is 53.2 Å². The number of H-pyrrole nitrogens is 2. The maximum Gasteiger partial charge on any atom is 0.326 e. The van der Waals surface area contributed by atoms with Crippen molar-refractivity contribution in [2.24, 2.45) is 0 Å². The second-order valence-electron chi connectivity index (χ2n) is 19.7. The molecule has 32 nitrogen and oxygen atoms in total. The molecule has 2 aromatic heterocycles. The van der Waals surface area contributed by atoms with Gasteiger partial charge in [0.05, 0.1) is 32.4 Å².